The van der Waals surface area contributed by atoms with Crippen molar-refractivity contribution in [1.82, 2.24) is 5.32 Å². The fourth-order valence-corrected chi connectivity index (χ4v) is 6.45. The molecule has 0 saturated heterocycles. The molecule has 2 heterocycles. The third-order valence-electron chi connectivity index (χ3n) is 7.31. The molecule has 1 aliphatic heterocycles. The molecule has 6 nitrogen and oxygen atoms in total. The maximum absolute atomic E-state index is 13.7. The Morgan fingerprint density at radius 3 is 2.51 bits per heavy atom. The highest BCUT2D eigenvalue weighted by Crippen LogP contribution is 2.47. The lowest BCUT2D eigenvalue weighted by Crippen LogP contribution is -2.36. The summed E-state index contributed by atoms with van der Waals surface area (Å²) in [6.45, 7) is 1.90. The molecule has 7 heteroatoms. The molecule has 0 bridgehead atoms. The molecule has 2 aliphatic carbocycles. The van der Waals surface area contributed by atoms with Crippen LogP contribution in [-0.2, 0) is 14.3 Å². The third-order valence-corrected chi connectivity index (χ3v) is 8.34. The fraction of sp³-hybridized carbons (Fsp3) is 0.429. The van der Waals surface area contributed by atoms with Crippen molar-refractivity contribution in [2.45, 2.75) is 63.4 Å². The first kappa shape index (κ1) is 23.7. The maximum Gasteiger partial charge on any atom is 0.337 e. The summed E-state index contributed by atoms with van der Waals surface area (Å²) in [6, 6.07) is 9.73. The Hall–Kier alpha value is -3.06. The van der Waals surface area contributed by atoms with Crippen LogP contribution in [0.3, 0.4) is 0 Å². The number of Topliss-reactive ketones (excluding diaryl/α,β-unsaturated/α-hetero) is 1. The van der Waals surface area contributed by atoms with Gasteiger partial charge in [-0.1, -0.05) is 12.1 Å². The highest BCUT2D eigenvalue weighted by Gasteiger charge is 2.42. The van der Waals surface area contributed by atoms with Crippen LogP contribution in [0.25, 0.3) is 0 Å². The van der Waals surface area contributed by atoms with E-state index in [1.165, 1.54) is 4.88 Å². The van der Waals surface area contributed by atoms with Gasteiger partial charge in [0.25, 0.3) is 0 Å². The van der Waals surface area contributed by atoms with Gasteiger partial charge in [-0.25, -0.2) is 4.79 Å². The smallest absolute Gasteiger partial charge is 0.337 e. The largest absolute Gasteiger partial charge is 0.493 e. The number of benzene rings is 1. The summed E-state index contributed by atoms with van der Waals surface area (Å²) in [5.41, 5.74) is 3.62. The second-order valence-corrected chi connectivity index (χ2v) is 10.4. The first-order chi connectivity index (χ1) is 17.0. The van der Waals surface area contributed by atoms with Gasteiger partial charge < -0.3 is 19.5 Å². The molecular weight excluding hydrogens is 462 g/mol. The van der Waals surface area contributed by atoms with Crippen LogP contribution < -0.4 is 14.8 Å². The number of esters is 1. The lowest BCUT2D eigenvalue weighted by atomic mass is 9.72. The minimum Gasteiger partial charge on any atom is -0.493 e. The van der Waals surface area contributed by atoms with Gasteiger partial charge in [0.05, 0.1) is 19.8 Å². The number of thiophene rings is 1. The minimum atomic E-state index is -0.517. The van der Waals surface area contributed by atoms with E-state index in [0.29, 0.717) is 29.1 Å². The third kappa shape index (κ3) is 4.49. The number of rotatable bonds is 6. The molecule has 2 aromatic rings. The molecule has 0 unspecified atom stereocenters. The van der Waals surface area contributed by atoms with Gasteiger partial charge in [-0.3, -0.25) is 4.79 Å². The highest BCUT2D eigenvalue weighted by atomic mass is 32.1. The predicted octanol–water partition coefficient (Wildman–Crippen LogP) is 5.61. The van der Waals surface area contributed by atoms with Gasteiger partial charge in [-0.05, 0) is 68.2 Å². The Kier molecular flexibility index (Phi) is 6.69. The number of hydrogen-bond donors (Lipinski definition) is 1. The van der Waals surface area contributed by atoms with E-state index >= 15 is 0 Å². The lowest BCUT2D eigenvalue weighted by Gasteiger charge is -2.36. The van der Waals surface area contributed by atoms with Gasteiger partial charge in [-0.15, -0.1) is 11.3 Å². The number of carbonyl (C=O) groups is 2. The first-order valence-electron chi connectivity index (χ1n) is 12.2. The van der Waals surface area contributed by atoms with E-state index in [1.54, 1.807) is 25.6 Å². The molecule has 0 radical (unpaired) electrons. The molecular formula is C28H31NO5S. The van der Waals surface area contributed by atoms with Gasteiger partial charge >= 0.3 is 5.97 Å². The minimum absolute atomic E-state index is 0.0607. The van der Waals surface area contributed by atoms with E-state index in [9.17, 15) is 9.59 Å². The van der Waals surface area contributed by atoms with Gasteiger partial charge in [0, 0.05) is 40.1 Å². The number of hydrogen-bond acceptors (Lipinski definition) is 7. The van der Waals surface area contributed by atoms with Crippen molar-refractivity contribution >= 4 is 23.1 Å². The SMILES string of the molecule is COc1ccc([C@@H]2C(C(=O)OC3CCCC3)=C(C)NC3=C2C(=O)C[C@@H](c2cccs2)C3)cc1OC. The van der Waals surface area contributed by atoms with Crippen LogP contribution in [-0.4, -0.2) is 32.1 Å². The quantitative estimate of drug-likeness (QED) is 0.527. The van der Waals surface area contributed by atoms with Crippen molar-refractivity contribution in [2.75, 3.05) is 14.2 Å². The van der Waals surface area contributed by atoms with Crippen molar-refractivity contribution in [1.29, 1.82) is 0 Å². The van der Waals surface area contributed by atoms with Crippen molar-refractivity contribution in [2.24, 2.45) is 0 Å². The number of ether oxygens (including phenoxy) is 3. The van der Waals surface area contributed by atoms with Crippen LogP contribution in [0.15, 0.2) is 58.3 Å². The Morgan fingerprint density at radius 1 is 1.06 bits per heavy atom. The topological polar surface area (TPSA) is 73.9 Å². The van der Waals surface area contributed by atoms with Gasteiger partial charge in [0.1, 0.15) is 6.10 Å². The van der Waals surface area contributed by atoms with Crippen molar-refractivity contribution in [3.05, 3.63) is 68.7 Å². The van der Waals surface area contributed by atoms with E-state index in [-0.39, 0.29) is 23.8 Å². The van der Waals surface area contributed by atoms with Gasteiger partial charge in [0.15, 0.2) is 17.3 Å². The zero-order chi connectivity index (χ0) is 24.5. The normalized spacial score (nSPS) is 22.7. The number of nitrogens with one attached hydrogen (secondary N) is 1. The molecule has 5 rings (SSSR count). The predicted molar refractivity (Wildman–Crippen MR) is 135 cm³/mol. The maximum atomic E-state index is 13.7. The van der Waals surface area contributed by atoms with Crippen molar-refractivity contribution in [3.63, 3.8) is 0 Å². The first-order valence-corrected chi connectivity index (χ1v) is 13.1. The van der Waals surface area contributed by atoms with E-state index < -0.39 is 5.92 Å². The lowest BCUT2D eigenvalue weighted by molar-refractivity contribution is -0.144. The highest BCUT2D eigenvalue weighted by molar-refractivity contribution is 7.10. The molecule has 1 saturated carbocycles. The summed E-state index contributed by atoms with van der Waals surface area (Å²) in [5.74, 6) is 0.503. The zero-order valence-electron chi connectivity index (χ0n) is 20.4. The fourth-order valence-electron chi connectivity index (χ4n) is 5.62. The van der Waals surface area contributed by atoms with Crippen LogP contribution in [0.5, 0.6) is 11.5 Å². The second-order valence-electron chi connectivity index (χ2n) is 9.46. The summed E-state index contributed by atoms with van der Waals surface area (Å²) < 4.78 is 16.9. The zero-order valence-corrected chi connectivity index (χ0v) is 21.2. The monoisotopic (exact) mass is 493 g/mol. The van der Waals surface area contributed by atoms with Gasteiger partial charge in [-0.2, -0.15) is 0 Å². The average molecular weight is 494 g/mol. The second kappa shape index (κ2) is 9.90. The van der Waals surface area contributed by atoms with E-state index in [4.69, 9.17) is 14.2 Å². The van der Waals surface area contributed by atoms with E-state index in [1.807, 2.05) is 36.6 Å². The standard InChI is InChI=1S/C28H31NO5S/c1-16-25(28(31)34-19-7-4-5-8-19)26(17-10-11-22(32-2)23(15-17)33-3)27-20(29-16)13-18(14-21(27)30)24-9-6-12-35-24/h6,9-12,15,18-19,26,29H,4-5,7-8,13-14H2,1-3H3/t18-,26+/m0/s1. The van der Waals surface area contributed by atoms with E-state index in [2.05, 4.69) is 11.4 Å². The van der Waals surface area contributed by atoms with Crippen LogP contribution in [0.2, 0.25) is 0 Å². The van der Waals surface area contributed by atoms with Crippen molar-refractivity contribution in [3.8, 4) is 11.5 Å². The molecule has 3 aliphatic rings. The molecule has 1 N–H and O–H groups in total. The Morgan fingerprint density at radius 2 is 1.83 bits per heavy atom. The molecule has 184 valence electrons. The number of allylic oxidation sites excluding steroid dienone is 3. The molecule has 1 aromatic carbocycles. The molecule has 35 heavy (non-hydrogen) atoms. The molecule has 1 fully saturated rings. The van der Waals surface area contributed by atoms with E-state index in [0.717, 1.165) is 49.1 Å². The Balaban J connectivity index is 1.58. The number of carbonyl (C=O) groups excluding carboxylic acids is 2. The molecule has 0 spiro atoms. The number of dihydropyridines is 1. The van der Waals surface area contributed by atoms with Crippen LogP contribution in [0.1, 0.15) is 67.7 Å². The number of ketones is 1. The summed E-state index contributed by atoms with van der Waals surface area (Å²) >= 11 is 1.68. The molecule has 2 atom stereocenters. The summed E-state index contributed by atoms with van der Waals surface area (Å²) in [6.07, 6.45) is 5.03. The Bertz CT molecular complexity index is 1190. The molecule has 0 amide bonds. The van der Waals surface area contributed by atoms with Crippen LogP contribution >= 0.6 is 11.3 Å². The van der Waals surface area contributed by atoms with Crippen LogP contribution in [0, 0.1) is 0 Å². The number of methoxy groups -OCH3 is 2. The Labute approximate surface area is 210 Å². The summed E-state index contributed by atoms with van der Waals surface area (Å²) in [7, 11) is 3.18. The summed E-state index contributed by atoms with van der Waals surface area (Å²) in [4.78, 5) is 28.5. The summed E-state index contributed by atoms with van der Waals surface area (Å²) in [5, 5.41) is 5.48. The van der Waals surface area contributed by atoms with Crippen LogP contribution in [0.4, 0.5) is 0 Å². The van der Waals surface area contributed by atoms with Crippen molar-refractivity contribution < 1.29 is 23.8 Å². The van der Waals surface area contributed by atoms with Gasteiger partial charge in [0.2, 0.25) is 0 Å². The average Bonchev–Trinajstić information content (AvgIpc) is 3.57. The molecule has 1 aromatic heterocycles.